The van der Waals surface area contributed by atoms with Crippen molar-refractivity contribution < 1.29 is 13.2 Å². The summed E-state index contributed by atoms with van der Waals surface area (Å²) in [4.78, 5) is 13.6. The van der Waals surface area contributed by atoms with E-state index in [1.807, 2.05) is 26.8 Å². The van der Waals surface area contributed by atoms with Gasteiger partial charge in [0.25, 0.3) is 0 Å². The van der Waals surface area contributed by atoms with Gasteiger partial charge < -0.3 is 4.90 Å². The molecule has 0 radical (unpaired) electrons. The summed E-state index contributed by atoms with van der Waals surface area (Å²) in [6.45, 7) is 6.06. The highest BCUT2D eigenvalue weighted by molar-refractivity contribution is 7.89. The highest BCUT2D eigenvalue weighted by Gasteiger charge is 2.38. The number of hydrogen-bond acceptors (Lipinski definition) is 4. The van der Waals surface area contributed by atoms with Crippen LogP contribution in [0.15, 0.2) is 29.2 Å². The fourth-order valence-electron chi connectivity index (χ4n) is 2.51. The number of likely N-dealkylation sites (tertiary alicyclic amines) is 1. The van der Waals surface area contributed by atoms with Crippen LogP contribution in [0.2, 0.25) is 0 Å². The average Bonchev–Trinajstić information content (AvgIpc) is 2.78. The van der Waals surface area contributed by atoms with Crippen molar-refractivity contribution in [1.82, 2.24) is 9.62 Å². The van der Waals surface area contributed by atoms with Gasteiger partial charge in [0.05, 0.1) is 10.5 Å². The Kier molecular flexibility index (Phi) is 4.27. The fourth-order valence-corrected chi connectivity index (χ4v) is 3.90. The number of amides is 1. The summed E-state index contributed by atoms with van der Waals surface area (Å²) in [6.07, 6.45) is 0.130. The lowest BCUT2D eigenvalue weighted by atomic mass is 10.1. The smallest absolute Gasteiger partial charge is 0.242 e. The van der Waals surface area contributed by atoms with Crippen LogP contribution in [0.1, 0.15) is 32.8 Å². The normalized spacial score (nSPS) is 19.3. The fraction of sp³-hybridized carbons (Fsp3) is 0.467. The molecule has 1 fully saturated rings. The van der Waals surface area contributed by atoms with Crippen molar-refractivity contribution in [2.24, 2.45) is 0 Å². The quantitative estimate of drug-likeness (QED) is 0.907. The summed E-state index contributed by atoms with van der Waals surface area (Å²) in [6, 6.07) is 7.41. The molecule has 0 aromatic heterocycles. The minimum atomic E-state index is -3.83. The van der Waals surface area contributed by atoms with Crippen molar-refractivity contribution in [2.45, 2.75) is 43.7 Å². The summed E-state index contributed by atoms with van der Waals surface area (Å²) < 4.78 is 27.4. The van der Waals surface area contributed by atoms with Crippen LogP contribution in [0.5, 0.6) is 0 Å². The van der Waals surface area contributed by atoms with Crippen LogP contribution in [-0.2, 0) is 14.8 Å². The predicted molar refractivity (Wildman–Crippen MR) is 81.3 cm³/mol. The van der Waals surface area contributed by atoms with Gasteiger partial charge in [-0.05, 0) is 32.9 Å². The Morgan fingerprint density at radius 3 is 2.50 bits per heavy atom. The summed E-state index contributed by atoms with van der Waals surface area (Å²) in [5, 5.41) is 9.03. The van der Waals surface area contributed by atoms with Crippen molar-refractivity contribution in [2.75, 3.05) is 6.54 Å². The molecule has 2 rings (SSSR count). The molecule has 118 valence electrons. The zero-order valence-corrected chi connectivity index (χ0v) is 13.6. The Morgan fingerprint density at radius 2 is 1.95 bits per heavy atom. The maximum absolute atomic E-state index is 12.4. The lowest BCUT2D eigenvalue weighted by molar-refractivity contribution is -0.131. The van der Waals surface area contributed by atoms with Crippen molar-refractivity contribution in [1.29, 1.82) is 5.26 Å². The van der Waals surface area contributed by atoms with Crippen LogP contribution in [-0.4, -0.2) is 37.4 Å². The standard InChI is InChI=1S/C15H19N3O3S/c1-15(2,3)18-10-12(8-14(18)19)17-22(20,21)13-7-5-4-6-11(13)9-16/h4-7,12,17H,8,10H2,1-3H3. The zero-order chi connectivity index (χ0) is 16.5. The molecule has 22 heavy (non-hydrogen) atoms. The molecular weight excluding hydrogens is 302 g/mol. The topological polar surface area (TPSA) is 90.3 Å². The van der Waals surface area contributed by atoms with Crippen LogP contribution in [0, 0.1) is 11.3 Å². The number of rotatable bonds is 3. The van der Waals surface area contributed by atoms with E-state index in [1.54, 1.807) is 17.0 Å². The van der Waals surface area contributed by atoms with E-state index in [-0.39, 0.29) is 28.3 Å². The molecule has 7 heteroatoms. The van der Waals surface area contributed by atoms with E-state index in [4.69, 9.17) is 5.26 Å². The number of hydrogen-bond donors (Lipinski definition) is 1. The second kappa shape index (κ2) is 5.71. The molecule has 1 aliphatic heterocycles. The van der Waals surface area contributed by atoms with Gasteiger partial charge in [0.2, 0.25) is 15.9 Å². The summed E-state index contributed by atoms with van der Waals surface area (Å²) in [5.41, 5.74) is -0.256. The van der Waals surface area contributed by atoms with Crippen LogP contribution in [0.25, 0.3) is 0 Å². The van der Waals surface area contributed by atoms with E-state index in [9.17, 15) is 13.2 Å². The van der Waals surface area contributed by atoms with Gasteiger partial charge in [-0.25, -0.2) is 13.1 Å². The molecular formula is C15H19N3O3S. The van der Waals surface area contributed by atoms with Crippen molar-refractivity contribution >= 4 is 15.9 Å². The van der Waals surface area contributed by atoms with Crippen LogP contribution >= 0.6 is 0 Å². The molecule has 1 N–H and O–H groups in total. The maximum atomic E-state index is 12.4. The Morgan fingerprint density at radius 1 is 1.32 bits per heavy atom. The van der Waals surface area contributed by atoms with Gasteiger partial charge in [-0.2, -0.15) is 5.26 Å². The van der Waals surface area contributed by atoms with Crippen LogP contribution < -0.4 is 4.72 Å². The number of nitrogens with one attached hydrogen (secondary N) is 1. The highest BCUT2D eigenvalue weighted by Crippen LogP contribution is 2.23. The Balaban J connectivity index is 2.21. The van der Waals surface area contributed by atoms with Crippen LogP contribution in [0.3, 0.4) is 0 Å². The molecule has 0 spiro atoms. The maximum Gasteiger partial charge on any atom is 0.242 e. The molecule has 1 aromatic rings. The van der Waals surface area contributed by atoms with Gasteiger partial charge in [-0.1, -0.05) is 12.1 Å². The molecule has 1 unspecified atom stereocenters. The summed E-state index contributed by atoms with van der Waals surface area (Å²) >= 11 is 0. The Labute approximate surface area is 130 Å². The summed E-state index contributed by atoms with van der Waals surface area (Å²) in [7, 11) is -3.83. The van der Waals surface area contributed by atoms with Crippen LogP contribution in [0.4, 0.5) is 0 Å². The van der Waals surface area contributed by atoms with E-state index in [1.165, 1.54) is 12.1 Å². The number of carbonyl (C=O) groups excluding carboxylic acids is 1. The number of nitrogens with zero attached hydrogens (tertiary/aromatic N) is 2. The highest BCUT2D eigenvalue weighted by atomic mass is 32.2. The van der Waals surface area contributed by atoms with E-state index < -0.39 is 16.1 Å². The van der Waals surface area contributed by atoms with E-state index in [2.05, 4.69) is 4.72 Å². The van der Waals surface area contributed by atoms with E-state index in [0.717, 1.165) is 0 Å². The zero-order valence-electron chi connectivity index (χ0n) is 12.8. The minimum Gasteiger partial charge on any atom is -0.336 e. The first kappa shape index (κ1) is 16.5. The summed E-state index contributed by atoms with van der Waals surface area (Å²) in [5.74, 6) is -0.0752. The first-order valence-corrected chi connectivity index (χ1v) is 8.45. The van der Waals surface area contributed by atoms with E-state index in [0.29, 0.717) is 6.54 Å². The minimum absolute atomic E-state index is 0.0563. The third-order valence-electron chi connectivity index (χ3n) is 3.55. The van der Waals surface area contributed by atoms with Gasteiger partial charge in [0.15, 0.2) is 0 Å². The van der Waals surface area contributed by atoms with Crippen molar-refractivity contribution in [3.05, 3.63) is 29.8 Å². The molecule has 1 amide bonds. The first-order chi connectivity index (χ1) is 10.1. The lowest BCUT2D eigenvalue weighted by Crippen LogP contribution is -2.44. The van der Waals surface area contributed by atoms with E-state index >= 15 is 0 Å². The lowest BCUT2D eigenvalue weighted by Gasteiger charge is -2.32. The number of benzene rings is 1. The van der Waals surface area contributed by atoms with Gasteiger partial charge in [-0.15, -0.1) is 0 Å². The molecule has 1 heterocycles. The molecule has 0 saturated carbocycles. The molecule has 1 aliphatic rings. The van der Waals surface area contributed by atoms with Gasteiger partial charge in [-0.3, -0.25) is 4.79 Å². The average molecular weight is 321 g/mol. The predicted octanol–water partition coefficient (Wildman–Crippen LogP) is 1.24. The molecule has 6 nitrogen and oxygen atoms in total. The molecule has 1 aromatic carbocycles. The molecule has 0 aliphatic carbocycles. The Hall–Kier alpha value is -1.91. The number of carbonyl (C=O) groups is 1. The molecule has 1 atom stereocenters. The molecule has 0 bridgehead atoms. The third kappa shape index (κ3) is 3.29. The number of sulfonamides is 1. The third-order valence-corrected chi connectivity index (χ3v) is 5.13. The van der Waals surface area contributed by atoms with Crippen molar-refractivity contribution in [3.8, 4) is 6.07 Å². The SMILES string of the molecule is CC(C)(C)N1CC(NS(=O)(=O)c2ccccc2C#N)CC1=O. The van der Waals surface area contributed by atoms with Gasteiger partial charge >= 0.3 is 0 Å². The number of nitriles is 1. The van der Waals surface area contributed by atoms with Gasteiger partial charge in [0, 0.05) is 24.5 Å². The monoisotopic (exact) mass is 321 g/mol. The molecule has 1 saturated heterocycles. The second-order valence-electron chi connectivity index (χ2n) is 6.31. The van der Waals surface area contributed by atoms with Crippen molar-refractivity contribution in [3.63, 3.8) is 0 Å². The Bertz CT molecular complexity index is 729. The largest absolute Gasteiger partial charge is 0.336 e. The second-order valence-corrected chi connectivity index (χ2v) is 7.99. The first-order valence-electron chi connectivity index (χ1n) is 6.97. The van der Waals surface area contributed by atoms with Gasteiger partial charge in [0.1, 0.15) is 6.07 Å².